The van der Waals surface area contributed by atoms with Crippen molar-refractivity contribution in [2.45, 2.75) is 19.5 Å². The molecule has 0 spiro atoms. The summed E-state index contributed by atoms with van der Waals surface area (Å²) in [5, 5.41) is 13.6. The van der Waals surface area contributed by atoms with Crippen LogP contribution in [0.15, 0.2) is 36.5 Å². The van der Waals surface area contributed by atoms with Crippen molar-refractivity contribution in [3.63, 3.8) is 0 Å². The van der Waals surface area contributed by atoms with Gasteiger partial charge in [-0.1, -0.05) is 23.7 Å². The molecule has 2 heterocycles. The molecule has 1 aliphatic rings. The van der Waals surface area contributed by atoms with Crippen molar-refractivity contribution >= 4 is 23.5 Å². The van der Waals surface area contributed by atoms with Crippen LogP contribution in [-0.2, 0) is 11.3 Å². The summed E-state index contributed by atoms with van der Waals surface area (Å²) in [5.74, 6) is -1.14. The van der Waals surface area contributed by atoms with Gasteiger partial charge in [-0.2, -0.15) is 5.10 Å². The molecule has 1 N–H and O–H groups in total. The van der Waals surface area contributed by atoms with E-state index in [1.54, 1.807) is 6.92 Å². The number of hydrogen-bond acceptors (Lipinski definition) is 4. The molecule has 0 saturated carbocycles. The third-order valence-electron chi connectivity index (χ3n) is 4.59. The molecule has 0 bridgehead atoms. The molecule has 3 rings (SSSR count). The van der Waals surface area contributed by atoms with E-state index in [0.29, 0.717) is 13.1 Å². The van der Waals surface area contributed by atoms with E-state index in [9.17, 15) is 9.59 Å². The van der Waals surface area contributed by atoms with Gasteiger partial charge in [0.15, 0.2) is 5.69 Å². The van der Waals surface area contributed by atoms with Crippen molar-refractivity contribution in [3.8, 4) is 0 Å². The number of halogens is 1. The van der Waals surface area contributed by atoms with Gasteiger partial charge < -0.3 is 10.0 Å². The summed E-state index contributed by atoms with van der Waals surface area (Å²) < 4.78 is 1.41. The predicted octanol–water partition coefficient (Wildman–Crippen LogP) is 2.14. The molecule has 1 aromatic carbocycles. The van der Waals surface area contributed by atoms with Gasteiger partial charge >= 0.3 is 5.97 Å². The number of benzene rings is 1. The molecular formula is C18H21ClN4O3. The SMILES string of the molecule is CC(C(=O)N1CCN(Cc2ccc(Cl)cc2)CC1)n1ccc(C(=O)O)n1. The standard InChI is InChI=1S/C18H21ClN4O3/c1-13(23-7-6-16(20-23)18(25)26)17(24)22-10-8-21(9-11-22)12-14-2-4-15(19)5-3-14/h2-7,13H,8-12H2,1H3,(H,25,26). The van der Waals surface area contributed by atoms with Crippen LogP contribution >= 0.6 is 11.6 Å². The summed E-state index contributed by atoms with van der Waals surface area (Å²) in [5.41, 5.74) is 1.14. The second kappa shape index (κ2) is 7.88. The van der Waals surface area contributed by atoms with Crippen LogP contribution in [0.3, 0.4) is 0 Å². The van der Waals surface area contributed by atoms with Gasteiger partial charge in [-0.3, -0.25) is 14.4 Å². The van der Waals surface area contributed by atoms with E-state index in [0.717, 1.165) is 24.7 Å². The zero-order valence-corrected chi connectivity index (χ0v) is 15.3. The molecule has 1 aliphatic heterocycles. The molecule has 2 aromatic rings. The van der Waals surface area contributed by atoms with Crippen LogP contribution in [-0.4, -0.2) is 62.7 Å². The Hall–Kier alpha value is -2.38. The van der Waals surface area contributed by atoms with Gasteiger partial charge in [-0.25, -0.2) is 4.79 Å². The van der Waals surface area contributed by atoms with Crippen molar-refractivity contribution in [1.82, 2.24) is 19.6 Å². The van der Waals surface area contributed by atoms with Gasteiger partial charge in [-0.15, -0.1) is 0 Å². The van der Waals surface area contributed by atoms with E-state index in [-0.39, 0.29) is 11.6 Å². The quantitative estimate of drug-likeness (QED) is 0.864. The van der Waals surface area contributed by atoms with Gasteiger partial charge in [0.25, 0.3) is 0 Å². The molecule has 7 nitrogen and oxygen atoms in total. The highest BCUT2D eigenvalue weighted by atomic mass is 35.5. The Kier molecular flexibility index (Phi) is 5.58. The first kappa shape index (κ1) is 18.4. The van der Waals surface area contributed by atoms with E-state index in [1.165, 1.54) is 22.5 Å². The number of carbonyl (C=O) groups excluding carboxylic acids is 1. The fourth-order valence-electron chi connectivity index (χ4n) is 3.02. The summed E-state index contributed by atoms with van der Waals surface area (Å²) >= 11 is 5.91. The third kappa shape index (κ3) is 4.23. The Morgan fingerprint density at radius 2 is 1.81 bits per heavy atom. The van der Waals surface area contributed by atoms with E-state index in [2.05, 4.69) is 10.00 Å². The largest absolute Gasteiger partial charge is 0.476 e. The minimum Gasteiger partial charge on any atom is -0.476 e. The number of rotatable bonds is 5. The molecule has 1 aromatic heterocycles. The highest BCUT2D eigenvalue weighted by molar-refractivity contribution is 6.30. The lowest BCUT2D eigenvalue weighted by Gasteiger charge is -2.36. The van der Waals surface area contributed by atoms with Crippen LogP contribution in [0, 0.1) is 0 Å². The minimum atomic E-state index is -1.10. The molecule has 1 saturated heterocycles. The summed E-state index contributed by atoms with van der Waals surface area (Å²) in [6.45, 7) is 5.44. The first-order valence-electron chi connectivity index (χ1n) is 8.48. The second-order valence-electron chi connectivity index (χ2n) is 6.39. The molecule has 1 unspecified atom stereocenters. The molecule has 1 fully saturated rings. The maximum Gasteiger partial charge on any atom is 0.356 e. The summed E-state index contributed by atoms with van der Waals surface area (Å²) in [7, 11) is 0. The monoisotopic (exact) mass is 376 g/mol. The van der Waals surface area contributed by atoms with Crippen LogP contribution in [0.4, 0.5) is 0 Å². The van der Waals surface area contributed by atoms with Gasteiger partial charge in [0.2, 0.25) is 5.91 Å². The van der Waals surface area contributed by atoms with Gasteiger partial charge in [0.1, 0.15) is 6.04 Å². The van der Waals surface area contributed by atoms with Crippen LogP contribution < -0.4 is 0 Å². The number of aromatic nitrogens is 2. The van der Waals surface area contributed by atoms with Crippen molar-refractivity contribution in [3.05, 3.63) is 52.8 Å². The Bertz CT molecular complexity index is 782. The topological polar surface area (TPSA) is 78.7 Å². The van der Waals surface area contributed by atoms with Gasteiger partial charge in [-0.05, 0) is 30.7 Å². The number of carboxylic acids is 1. The zero-order chi connectivity index (χ0) is 18.7. The molecule has 8 heteroatoms. The van der Waals surface area contributed by atoms with Gasteiger partial charge in [0.05, 0.1) is 0 Å². The number of carboxylic acid groups (broad SMARTS) is 1. The Labute approximate surface area is 156 Å². The number of aromatic carboxylic acids is 1. The van der Waals surface area contributed by atoms with Gasteiger partial charge in [0, 0.05) is 43.9 Å². The van der Waals surface area contributed by atoms with Crippen LogP contribution in [0.1, 0.15) is 29.0 Å². The average molecular weight is 377 g/mol. The first-order valence-corrected chi connectivity index (χ1v) is 8.86. The molecular weight excluding hydrogens is 356 g/mol. The van der Waals surface area contributed by atoms with E-state index >= 15 is 0 Å². The Balaban J connectivity index is 1.54. The van der Waals surface area contributed by atoms with Crippen molar-refractivity contribution in [2.24, 2.45) is 0 Å². The van der Waals surface area contributed by atoms with Crippen molar-refractivity contribution in [1.29, 1.82) is 0 Å². The predicted molar refractivity (Wildman–Crippen MR) is 97.2 cm³/mol. The number of amides is 1. The van der Waals surface area contributed by atoms with Crippen LogP contribution in [0.2, 0.25) is 5.02 Å². The lowest BCUT2D eigenvalue weighted by molar-refractivity contribution is -0.136. The molecule has 1 amide bonds. The second-order valence-corrected chi connectivity index (χ2v) is 6.83. The molecule has 0 aliphatic carbocycles. The van der Waals surface area contributed by atoms with E-state index in [1.807, 2.05) is 29.2 Å². The molecule has 0 radical (unpaired) electrons. The van der Waals surface area contributed by atoms with Crippen LogP contribution in [0.25, 0.3) is 0 Å². The smallest absolute Gasteiger partial charge is 0.356 e. The first-order chi connectivity index (χ1) is 12.4. The zero-order valence-electron chi connectivity index (χ0n) is 14.5. The fourth-order valence-corrected chi connectivity index (χ4v) is 3.15. The maximum atomic E-state index is 12.7. The van der Waals surface area contributed by atoms with E-state index in [4.69, 9.17) is 16.7 Å². The third-order valence-corrected chi connectivity index (χ3v) is 4.84. The molecule has 1 atom stereocenters. The number of nitrogens with zero attached hydrogens (tertiary/aromatic N) is 4. The molecule has 26 heavy (non-hydrogen) atoms. The number of hydrogen-bond donors (Lipinski definition) is 1. The lowest BCUT2D eigenvalue weighted by atomic mass is 10.2. The number of piperazine rings is 1. The Morgan fingerprint density at radius 1 is 1.15 bits per heavy atom. The minimum absolute atomic E-state index is 0.0452. The summed E-state index contributed by atoms with van der Waals surface area (Å²) in [4.78, 5) is 27.7. The van der Waals surface area contributed by atoms with Crippen molar-refractivity contribution in [2.75, 3.05) is 26.2 Å². The van der Waals surface area contributed by atoms with E-state index < -0.39 is 12.0 Å². The fraction of sp³-hybridized carbons (Fsp3) is 0.389. The Morgan fingerprint density at radius 3 is 2.38 bits per heavy atom. The average Bonchev–Trinajstić information content (AvgIpc) is 3.13. The summed E-state index contributed by atoms with van der Waals surface area (Å²) in [6, 6.07) is 8.67. The van der Waals surface area contributed by atoms with Crippen LogP contribution in [0.5, 0.6) is 0 Å². The molecule has 138 valence electrons. The highest BCUT2D eigenvalue weighted by Gasteiger charge is 2.26. The summed E-state index contributed by atoms with van der Waals surface area (Å²) in [6.07, 6.45) is 1.53. The highest BCUT2D eigenvalue weighted by Crippen LogP contribution is 2.15. The number of carbonyl (C=O) groups is 2. The maximum absolute atomic E-state index is 12.7. The van der Waals surface area contributed by atoms with Crippen molar-refractivity contribution < 1.29 is 14.7 Å². The lowest BCUT2D eigenvalue weighted by Crippen LogP contribution is -2.49. The normalized spacial score (nSPS) is 16.5.